The quantitative estimate of drug-likeness (QED) is 0.503. The fraction of sp³-hybridized carbons (Fsp3) is 0.429. The number of hydrogen-bond donors (Lipinski definition) is 2. The lowest BCUT2D eigenvalue weighted by atomic mass is 9.96. The first-order valence-corrected chi connectivity index (χ1v) is 10.1. The van der Waals surface area contributed by atoms with Crippen molar-refractivity contribution in [2.45, 2.75) is 44.9 Å². The Balaban J connectivity index is 2.09. The molecule has 172 valence electrons. The molecular weight excluding hydrogens is 445 g/mol. The summed E-state index contributed by atoms with van der Waals surface area (Å²) < 4.78 is 24.7. The van der Waals surface area contributed by atoms with Crippen molar-refractivity contribution in [2.24, 2.45) is 0 Å². The zero-order valence-corrected chi connectivity index (χ0v) is 18.7. The van der Waals surface area contributed by atoms with Crippen LogP contribution in [-0.4, -0.2) is 39.9 Å². The lowest BCUT2D eigenvalue weighted by Gasteiger charge is -2.23. The number of nitrogens with one attached hydrogen (secondary N) is 1. The van der Waals surface area contributed by atoms with E-state index in [1.54, 1.807) is 20.8 Å². The molecule has 9 nitrogen and oxygen atoms in total. The maximum absolute atomic E-state index is 13.7. The van der Waals surface area contributed by atoms with Gasteiger partial charge < -0.3 is 19.9 Å². The van der Waals surface area contributed by atoms with Crippen molar-refractivity contribution >= 4 is 17.7 Å². The van der Waals surface area contributed by atoms with Crippen molar-refractivity contribution in [2.75, 3.05) is 13.2 Å². The monoisotopic (exact) mass is 467 g/mol. The number of ether oxygens (including phenoxy) is 2. The fourth-order valence-corrected chi connectivity index (χ4v) is 3.42. The summed E-state index contributed by atoms with van der Waals surface area (Å²) in [6.45, 7) is 5.67. The summed E-state index contributed by atoms with van der Waals surface area (Å²) in [5.41, 5.74) is -1.62. The molecule has 0 spiro atoms. The number of nitro groups is 1. The van der Waals surface area contributed by atoms with Crippen LogP contribution in [0.2, 0.25) is 5.02 Å². The molecule has 2 unspecified atom stereocenters. The Kier molecular flexibility index (Phi) is 6.30. The van der Waals surface area contributed by atoms with Gasteiger partial charge in [-0.25, -0.2) is 14.2 Å². The van der Waals surface area contributed by atoms with Gasteiger partial charge in [0.1, 0.15) is 23.7 Å². The largest absolute Gasteiger partial charge is 0.488 e. The Bertz CT molecular complexity index is 1070. The van der Waals surface area contributed by atoms with Crippen molar-refractivity contribution < 1.29 is 28.7 Å². The molecule has 0 saturated heterocycles. The number of halogens is 2. The van der Waals surface area contributed by atoms with Crippen molar-refractivity contribution in [1.29, 1.82) is 0 Å². The summed E-state index contributed by atoms with van der Waals surface area (Å²) >= 11 is 5.92. The van der Waals surface area contributed by atoms with Crippen molar-refractivity contribution in [3.8, 4) is 17.0 Å². The van der Waals surface area contributed by atoms with Crippen LogP contribution in [-0.2, 0) is 10.3 Å². The number of hydrogen-bond acceptors (Lipinski definition) is 7. The summed E-state index contributed by atoms with van der Waals surface area (Å²) in [6, 6.07) is 4.70. The number of nitrogens with zero attached hydrogens (tertiary/aromatic N) is 2. The van der Waals surface area contributed by atoms with Gasteiger partial charge in [0.15, 0.2) is 11.4 Å². The summed E-state index contributed by atoms with van der Waals surface area (Å²) in [6.07, 6.45) is -0.680. The SMILES string of the molecule is CC(C)(C)OC(=O)NC1COc2c1cc(C(C)(O)C[N+](=O)[O-])nc2-c1ccc(F)c(Cl)c1. The normalized spacial score (nSPS) is 17.2. The predicted molar refractivity (Wildman–Crippen MR) is 114 cm³/mol. The van der Waals surface area contributed by atoms with E-state index < -0.39 is 40.6 Å². The second-order valence-corrected chi connectivity index (χ2v) is 9.09. The van der Waals surface area contributed by atoms with Crippen LogP contribution < -0.4 is 10.1 Å². The van der Waals surface area contributed by atoms with Crippen LogP contribution in [0.5, 0.6) is 5.75 Å². The number of benzene rings is 1. The van der Waals surface area contributed by atoms with Crippen molar-refractivity contribution in [3.63, 3.8) is 0 Å². The van der Waals surface area contributed by atoms with Crippen molar-refractivity contribution in [3.05, 3.63) is 56.5 Å². The van der Waals surface area contributed by atoms with Gasteiger partial charge in [0.2, 0.25) is 6.54 Å². The lowest BCUT2D eigenvalue weighted by Crippen LogP contribution is -2.36. The molecule has 11 heteroatoms. The van der Waals surface area contributed by atoms with E-state index in [0.29, 0.717) is 11.1 Å². The van der Waals surface area contributed by atoms with E-state index in [2.05, 4.69) is 10.3 Å². The van der Waals surface area contributed by atoms with E-state index in [1.807, 2.05) is 0 Å². The van der Waals surface area contributed by atoms with Gasteiger partial charge in [0.05, 0.1) is 16.8 Å². The number of alkyl carbamates (subject to hydrolysis) is 1. The third-order valence-electron chi connectivity index (χ3n) is 4.64. The average Bonchev–Trinajstić information content (AvgIpc) is 3.03. The maximum atomic E-state index is 13.7. The highest BCUT2D eigenvalue weighted by atomic mass is 35.5. The predicted octanol–water partition coefficient (Wildman–Crippen LogP) is 3.98. The summed E-state index contributed by atoms with van der Waals surface area (Å²) in [4.78, 5) is 27.1. The van der Waals surface area contributed by atoms with Crippen LogP contribution >= 0.6 is 11.6 Å². The second kappa shape index (κ2) is 8.51. The van der Waals surface area contributed by atoms with Gasteiger partial charge in [-0.15, -0.1) is 0 Å². The first-order chi connectivity index (χ1) is 14.8. The molecule has 1 aromatic carbocycles. The van der Waals surface area contributed by atoms with Crippen LogP contribution in [0.1, 0.15) is 45.0 Å². The molecule has 2 N–H and O–H groups in total. The minimum atomic E-state index is -1.92. The molecule has 1 aliphatic rings. The first-order valence-electron chi connectivity index (χ1n) is 9.74. The Morgan fingerprint density at radius 1 is 1.41 bits per heavy atom. The smallest absolute Gasteiger partial charge is 0.408 e. The van der Waals surface area contributed by atoms with Crippen LogP contribution in [0.4, 0.5) is 9.18 Å². The van der Waals surface area contributed by atoms with Crippen LogP contribution in [0.25, 0.3) is 11.3 Å². The molecule has 0 fully saturated rings. The number of rotatable bonds is 5. The number of aromatic nitrogens is 1. The molecule has 1 aromatic heterocycles. The average molecular weight is 468 g/mol. The van der Waals surface area contributed by atoms with Gasteiger partial charge in [-0.2, -0.15) is 0 Å². The highest BCUT2D eigenvalue weighted by Gasteiger charge is 2.37. The maximum Gasteiger partial charge on any atom is 0.408 e. The zero-order valence-electron chi connectivity index (χ0n) is 17.9. The van der Waals surface area contributed by atoms with Crippen LogP contribution in [0.15, 0.2) is 24.3 Å². The number of amides is 1. The molecule has 2 heterocycles. The van der Waals surface area contributed by atoms with Crippen molar-refractivity contribution in [1.82, 2.24) is 10.3 Å². The molecule has 0 radical (unpaired) electrons. The minimum Gasteiger partial charge on any atom is -0.488 e. The van der Waals surface area contributed by atoms with E-state index in [9.17, 15) is 24.4 Å². The molecule has 2 aromatic rings. The molecule has 0 saturated carbocycles. The number of fused-ring (bicyclic) bond motifs is 1. The number of aliphatic hydroxyl groups is 1. The zero-order chi connectivity index (χ0) is 23.8. The number of carbonyl (C=O) groups is 1. The number of pyridine rings is 1. The van der Waals surface area contributed by atoms with Gasteiger partial charge in [0.25, 0.3) is 0 Å². The van der Waals surface area contributed by atoms with Gasteiger partial charge in [-0.3, -0.25) is 10.1 Å². The van der Waals surface area contributed by atoms with Crippen LogP contribution in [0.3, 0.4) is 0 Å². The molecule has 3 rings (SSSR count). The fourth-order valence-electron chi connectivity index (χ4n) is 3.24. The second-order valence-electron chi connectivity index (χ2n) is 8.68. The van der Waals surface area contributed by atoms with E-state index >= 15 is 0 Å². The van der Waals surface area contributed by atoms with Gasteiger partial charge in [0, 0.05) is 16.1 Å². The molecule has 1 amide bonds. The Labute approximate surface area is 188 Å². The topological polar surface area (TPSA) is 124 Å². The molecule has 32 heavy (non-hydrogen) atoms. The highest BCUT2D eigenvalue weighted by Crippen LogP contribution is 2.42. The molecular formula is C21H23ClFN3O6. The standard InChI is InChI=1S/C21H23ClFN3O6/c1-20(2,3)32-19(27)24-15-9-31-18-12(15)8-16(21(4,28)10-26(29)30)25-17(18)11-5-6-14(23)13(22)7-11/h5-8,15,28H,9-10H2,1-4H3,(H,24,27). The van der Waals surface area contributed by atoms with Gasteiger partial charge in [-0.1, -0.05) is 11.6 Å². The summed E-state index contributed by atoms with van der Waals surface area (Å²) in [5, 5.41) is 24.3. The van der Waals surface area contributed by atoms with Gasteiger partial charge in [-0.05, 0) is 52.0 Å². The Morgan fingerprint density at radius 2 is 2.09 bits per heavy atom. The molecule has 2 atom stereocenters. The number of carbonyl (C=O) groups excluding carboxylic acids is 1. The third-order valence-corrected chi connectivity index (χ3v) is 4.93. The van der Waals surface area contributed by atoms with E-state index in [1.165, 1.54) is 25.1 Å². The van der Waals surface area contributed by atoms with E-state index in [0.717, 1.165) is 6.07 Å². The van der Waals surface area contributed by atoms with Gasteiger partial charge >= 0.3 is 6.09 Å². The minimum absolute atomic E-state index is 0.00936. The van der Waals surface area contributed by atoms with Crippen LogP contribution in [0, 0.1) is 15.9 Å². The van der Waals surface area contributed by atoms with E-state index in [4.69, 9.17) is 21.1 Å². The Hall–Kier alpha value is -2.98. The Morgan fingerprint density at radius 3 is 2.69 bits per heavy atom. The first kappa shape index (κ1) is 23.7. The molecule has 1 aliphatic heterocycles. The summed E-state index contributed by atoms with van der Waals surface area (Å²) in [7, 11) is 0. The lowest BCUT2D eigenvalue weighted by molar-refractivity contribution is -0.501. The third kappa shape index (κ3) is 5.25. The highest BCUT2D eigenvalue weighted by molar-refractivity contribution is 6.31. The summed E-state index contributed by atoms with van der Waals surface area (Å²) in [5.74, 6) is -0.344. The molecule has 0 bridgehead atoms. The van der Waals surface area contributed by atoms with E-state index in [-0.39, 0.29) is 28.8 Å². The molecule has 0 aliphatic carbocycles.